The maximum Gasteiger partial charge on any atom is 0.0539 e. The molecular formula is C17H26N4. The van der Waals surface area contributed by atoms with Gasteiger partial charge in [-0.2, -0.15) is 5.10 Å². The van der Waals surface area contributed by atoms with Crippen LogP contribution >= 0.6 is 0 Å². The fraction of sp³-hybridized carbons (Fsp3) is 0.471. The number of benzene rings is 1. The maximum absolute atomic E-state index is 6.04. The van der Waals surface area contributed by atoms with Crippen molar-refractivity contribution >= 4 is 5.69 Å². The lowest BCUT2D eigenvalue weighted by Crippen LogP contribution is -2.21. The molecule has 0 amide bonds. The zero-order valence-electron chi connectivity index (χ0n) is 13.5. The molecule has 0 fully saturated rings. The van der Waals surface area contributed by atoms with Crippen LogP contribution in [0, 0.1) is 6.92 Å². The summed E-state index contributed by atoms with van der Waals surface area (Å²) in [5, 5.41) is 4.22. The fourth-order valence-electron chi connectivity index (χ4n) is 2.63. The number of nitrogens with two attached hydrogens (primary N) is 1. The molecule has 0 aliphatic carbocycles. The smallest absolute Gasteiger partial charge is 0.0539 e. The summed E-state index contributed by atoms with van der Waals surface area (Å²) in [6.07, 6.45) is 5.94. The van der Waals surface area contributed by atoms with Crippen LogP contribution in [0.15, 0.2) is 30.6 Å². The highest BCUT2D eigenvalue weighted by Gasteiger charge is 2.09. The van der Waals surface area contributed by atoms with Crippen LogP contribution in [0.1, 0.15) is 30.0 Å². The first kappa shape index (κ1) is 15.6. The van der Waals surface area contributed by atoms with Gasteiger partial charge in [0.05, 0.1) is 6.20 Å². The van der Waals surface area contributed by atoms with Crippen molar-refractivity contribution in [2.24, 2.45) is 12.8 Å². The molecule has 1 heterocycles. The Morgan fingerprint density at radius 3 is 2.67 bits per heavy atom. The third-order valence-corrected chi connectivity index (χ3v) is 3.87. The second-order valence-electron chi connectivity index (χ2n) is 5.87. The highest BCUT2D eigenvalue weighted by atomic mass is 15.2. The van der Waals surface area contributed by atoms with E-state index in [0.29, 0.717) is 0 Å². The molecular weight excluding hydrogens is 260 g/mol. The molecule has 0 aliphatic heterocycles. The number of nitrogens with zero attached hydrogens (tertiary/aromatic N) is 3. The van der Waals surface area contributed by atoms with Gasteiger partial charge in [-0.25, -0.2) is 0 Å². The molecule has 21 heavy (non-hydrogen) atoms. The second-order valence-corrected chi connectivity index (χ2v) is 5.87. The van der Waals surface area contributed by atoms with E-state index in [2.05, 4.69) is 55.3 Å². The van der Waals surface area contributed by atoms with Crippen molar-refractivity contribution in [1.29, 1.82) is 0 Å². The molecule has 1 aromatic heterocycles. The van der Waals surface area contributed by atoms with Gasteiger partial charge in [0.1, 0.15) is 0 Å². The highest BCUT2D eigenvalue weighted by molar-refractivity contribution is 5.54. The standard InChI is InChI=1S/C17H26N4/c1-5-16(18)9-14-6-7-17(13(2)8-14)20(3)11-15-10-19-21(4)12-15/h6-8,10,12,16H,5,9,11,18H2,1-4H3. The topological polar surface area (TPSA) is 47.1 Å². The molecule has 114 valence electrons. The maximum atomic E-state index is 6.04. The molecule has 0 aliphatic rings. The molecule has 4 heteroatoms. The van der Waals surface area contributed by atoms with Crippen LogP contribution in [0.25, 0.3) is 0 Å². The number of aromatic nitrogens is 2. The number of rotatable bonds is 6. The first-order valence-electron chi connectivity index (χ1n) is 7.53. The van der Waals surface area contributed by atoms with Gasteiger partial charge in [0.15, 0.2) is 0 Å². The van der Waals surface area contributed by atoms with Gasteiger partial charge in [0, 0.05) is 44.1 Å². The Morgan fingerprint density at radius 1 is 1.33 bits per heavy atom. The number of hydrogen-bond donors (Lipinski definition) is 1. The van der Waals surface area contributed by atoms with E-state index in [4.69, 9.17) is 5.73 Å². The SMILES string of the molecule is CCC(N)Cc1ccc(N(C)Cc2cnn(C)c2)c(C)c1. The Balaban J connectivity index is 2.09. The normalized spacial score (nSPS) is 12.4. The van der Waals surface area contributed by atoms with Crippen LogP contribution in [-0.4, -0.2) is 22.9 Å². The van der Waals surface area contributed by atoms with Crippen molar-refractivity contribution < 1.29 is 0 Å². The lowest BCUT2D eigenvalue weighted by Gasteiger charge is -2.21. The summed E-state index contributed by atoms with van der Waals surface area (Å²) in [7, 11) is 4.06. The van der Waals surface area contributed by atoms with E-state index in [1.54, 1.807) is 0 Å². The zero-order valence-corrected chi connectivity index (χ0v) is 13.5. The average molecular weight is 286 g/mol. The van der Waals surface area contributed by atoms with Crippen molar-refractivity contribution in [2.75, 3.05) is 11.9 Å². The monoisotopic (exact) mass is 286 g/mol. The van der Waals surface area contributed by atoms with E-state index in [0.717, 1.165) is 19.4 Å². The molecule has 0 spiro atoms. The second kappa shape index (κ2) is 6.76. The number of aryl methyl sites for hydroxylation is 2. The summed E-state index contributed by atoms with van der Waals surface area (Å²) >= 11 is 0. The molecule has 0 saturated heterocycles. The molecule has 1 atom stereocenters. The van der Waals surface area contributed by atoms with Crippen LogP contribution in [0.3, 0.4) is 0 Å². The van der Waals surface area contributed by atoms with Gasteiger partial charge >= 0.3 is 0 Å². The molecule has 1 aromatic carbocycles. The van der Waals surface area contributed by atoms with Crippen LogP contribution in [0.2, 0.25) is 0 Å². The van der Waals surface area contributed by atoms with Gasteiger partial charge in [-0.3, -0.25) is 4.68 Å². The summed E-state index contributed by atoms with van der Waals surface area (Å²) < 4.78 is 1.84. The van der Waals surface area contributed by atoms with Crippen molar-refractivity contribution in [3.05, 3.63) is 47.3 Å². The molecule has 2 rings (SSSR count). The quantitative estimate of drug-likeness (QED) is 0.888. The summed E-state index contributed by atoms with van der Waals surface area (Å²) in [5.74, 6) is 0. The highest BCUT2D eigenvalue weighted by Crippen LogP contribution is 2.22. The predicted molar refractivity (Wildman–Crippen MR) is 88.5 cm³/mol. The summed E-state index contributed by atoms with van der Waals surface area (Å²) in [5.41, 5.74) is 11.1. The van der Waals surface area contributed by atoms with E-state index in [-0.39, 0.29) is 6.04 Å². The lowest BCUT2D eigenvalue weighted by atomic mass is 10.0. The van der Waals surface area contributed by atoms with Gasteiger partial charge in [-0.1, -0.05) is 19.1 Å². The van der Waals surface area contributed by atoms with E-state index in [9.17, 15) is 0 Å². The number of hydrogen-bond acceptors (Lipinski definition) is 3. The molecule has 0 saturated carbocycles. The Hall–Kier alpha value is -1.81. The third kappa shape index (κ3) is 4.08. The summed E-state index contributed by atoms with van der Waals surface area (Å²) in [6, 6.07) is 6.90. The van der Waals surface area contributed by atoms with Gasteiger partial charge in [-0.15, -0.1) is 0 Å². The van der Waals surface area contributed by atoms with Crippen LogP contribution in [0.5, 0.6) is 0 Å². The van der Waals surface area contributed by atoms with Gasteiger partial charge in [0.25, 0.3) is 0 Å². The third-order valence-electron chi connectivity index (χ3n) is 3.87. The fourth-order valence-corrected chi connectivity index (χ4v) is 2.63. The summed E-state index contributed by atoms with van der Waals surface area (Å²) in [4.78, 5) is 2.26. The molecule has 0 radical (unpaired) electrons. The average Bonchev–Trinajstić information content (AvgIpc) is 2.83. The van der Waals surface area contributed by atoms with Crippen LogP contribution in [-0.2, 0) is 20.0 Å². The van der Waals surface area contributed by atoms with E-state index in [1.165, 1.54) is 22.4 Å². The Morgan fingerprint density at radius 2 is 2.10 bits per heavy atom. The van der Waals surface area contributed by atoms with Crippen LogP contribution in [0.4, 0.5) is 5.69 Å². The van der Waals surface area contributed by atoms with Gasteiger partial charge < -0.3 is 10.6 Å². The molecule has 0 bridgehead atoms. The predicted octanol–water partition coefficient (Wildman–Crippen LogP) is 2.64. The molecule has 2 aromatic rings. The molecule has 1 unspecified atom stereocenters. The zero-order chi connectivity index (χ0) is 15.4. The number of anilines is 1. The minimum Gasteiger partial charge on any atom is -0.370 e. The van der Waals surface area contributed by atoms with E-state index in [1.807, 2.05) is 17.9 Å². The van der Waals surface area contributed by atoms with Crippen molar-refractivity contribution in [3.63, 3.8) is 0 Å². The first-order chi connectivity index (χ1) is 9.99. The largest absolute Gasteiger partial charge is 0.370 e. The lowest BCUT2D eigenvalue weighted by molar-refractivity contribution is 0.646. The van der Waals surface area contributed by atoms with E-state index >= 15 is 0 Å². The Kier molecular flexibility index (Phi) is 5.02. The van der Waals surface area contributed by atoms with Crippen molar-refractivity contribution in [2.45, 2.75) is 39.3 Å². The van der Waals surface area contributed by atoms with E-state index < -0.39 is 0 Å². The Labute approximate surface area is 127 Å². The summed E-state index contributed by atoms with van der Waals surface area (Å²) in [6.45, 7) is 5.16. The van der Waals surface area contributed by atoms with Gasteiger partial charge in [0.2, 0.25) is 0 Å². The van der Waals surface area contributed by atoms with Gasteiger partial charge in [-0.05, 0) is 37.0 Å². The Bertz CT molecular complexity index is 588. The molecule has 2 N–H and O–H groups in total. The van der Waals surface area contributed by atoms with Crippen molar-refractivity contribution in [3.8, 4) is 0 Å². The first-order valence-corrected chi connectivity index (χ1v) is 7.53. The minimum atomic E-state index is 0.253. The molecule has 4 nitrogen and oxygen atoms in total. The minimum absolute atomic E-state index is 0.253. The van der Waals surface area contributed by atoms with Crippen molar-refractivity contribution in [1.82, 2.24) is 9.78 Å². The van der Waals surface area contributed by atoms with Crippen LogP contribution < -0.4 is 10.6 Å².